The Morgan fingerprint density at radius 3 is 2.07 bits per heavy atom. The van der Waals surface area contributed by atoms with E-state index in [1.54, 1.807) is 30.3 Å². The van der Waals surface area contributed by atoms with Crippen LogP contribution in [0.3, 0.4) is 0 Å². The van der Waals surface area contributed by atoms with Crippen LogP contribution in [0.25, 0.3) is 11.1 Å². The lowest BCUT2D eigenvalue weighted by Gasteiger charge is -2.14. The number of alkyl halides is 3. The summed E-state index contributed by atoms with van der Waals surface area (Å²) in [6, 6.07) is 16.9. The van der Waals surface area contributed by atoms with Crippen LogP contribution in [0.2, 0.25) is 0 Å². The van der Waals surface area contributed by atoms with E-state index in [2.05, 4.69) is 5.32 Å². The minimum absolute atomic E-state index is 0.0297. The van der Waals surface area contributed by atoms with Gasteiger partial charge in [0.15, 0.2) is 0 Å². The summed E-state index contributed by atoms with van der Waals surface area (Å²) in [5.74, 6) is -1.85. The van der Waals surface area contributed by atoms with Gasteiger partial charge in [0.25, 0.3) is 5.91 Å². The molecule has 3 aromatic carbocycles. The molecular weight excluding hydrogens is 371 g/mol. The Hall–Kier alpha value is -3.61. The molecule has 7 heteroatoms. The second-order valence-corrected chi connectivity index (χ2v) is 5.96. The number of amides is 1. The lowest BCUT2D eigenvalue weighted by atomic mass is 9.96. The Balaban J connectivity index is 1.99. The molecule has 1 amide bonds. The fourth-order valence-electron chi connectivity index (χ4n) is 2.67. The first-order valence-corrected chi connectivity index (χ1v) is 8.17. The number of carboxylic acids is 1. The topological polar surface area (TPSA) is 66.4 Å². The molecule has 142 valence electrons. The van der Waals surface area contributed by atoms with Gasteiger partial charge in [0.2, 0.25) is 0 Å². The average molecular weight is 385 g/mol. The van der Waals surface area contributed by atoms with Crippen LogP contribution in [-0.4, -0.2) is 17.0 Å². The molecule has 2 N–H and O–H groups in total. The van der Waals surface area contributed by atoms with Gasteiger partial charge in [-0.05, 0) is 47.5 Å². The molecule has 0 radical (unpaired) electrons. The van der Waals surface area contributed by atoms with Gasteiger partial charge in [-0.1, -0.05) is 36.4 Å². The van der Waals surface area contributed by atoms with Gasteiger partial charge in [0.1, 0.15) is 0 Å². The molecular formula is C21H14F3NO3. The highest BCUT2D eigenvalue weighted by molar-refractivity contribution is 6.09. The number of carbonyl (C=O) groups is 2. The van der Waals surface area contributed by atoms with Gasteiger partial charge in [-0.15, -0.1) is 0 Å². The Morgan fingerprint density at radius 2 is 1.50 bits per heavy atom. The molecule has 3 rings (SSSR count). The maximum atomic E-state index is 13.1. The number of carboxylic acid groups (broad SMARTS) is 1. The molecule has 0 atom stereocenters. The Kier molecular flexibility index (Phi) is 5.17. The largest absolute Gasteiger partial charge is 0.478 e. The molecule has 0 saturated heterocycles. The molecule has 0 fully saturated rings. The third-order valence-corrected chi connectivity index (χ3v) is 4.07. The van der Waals surface area contributed by atoms with E-state index in [1.807, 2.05) is 0 Å². The van der Waals surface area contributed by atoms with Crippen LogP contribution in [0.1, 0.15) is 26.3 Å². The van der Waals surface area contributed by atoms with Crippen LogP contribution < -0.4 is 5.32 Å². The van der Waals surface area contributed by atoms with Crippen molar-refractivity contribution in [3.63, 3.8) is 0 Å². The summed E-state index contributed by atoms with van der Waals surface area (Å²) in [7, 11) is 0. The van der Waals surface area contributed by atoms with Crippen molar-refractivity contribution >= 4 is 17.6 Å². The number of rotatable bonds is 4. The van der Waals surface area contributed by atoms with Gasteiger partial charge in [-0.25, -0.2) is 4.79 Å². The summed E-state index contributed by atoms with van der Waals surface area (Å²) >= 11 is 0. The molecule has 3 aromatic rings. The Labute approximate surface area is 158 Å². The van der Waals surface area contributed by atoms with E-state index < -0.39 is 23.6 Å². The first kappa shape index (κ1) is 19.2. The number of halogens is 3. The van der Waals surface area contributed by atoms with Crippen LogP contribution >= 0.6 is 0 Å². The average Bonchev–Trinajstić information content (AvgIpc) is 2.68. The predicted octanol–water partition coefficient (Wildman–Crippen LogP) is 5.32. The highest BCUT2D eigenvalue weighted by atomic mass is 19.4. The van der Waals surface area contributed by atoms with Crippen molar-refractivity contribution in [2.45, 2.75) is 6.18 Å². The number of carbonyl (C=O) groups excluding carboxylic acids is 1. The molecule has 0 saturated carbocycles. The molecule has 0 aliphatic rings. The number of hydrogen-bond acceptors (Lipinski definition) is 2. The maximum Gasteiger partial charge on any atom is 0.416 e. The first-order valence-electron chi connectivity index (χ1n) is 8.17. The minimum atomic E-state index is -4.59. The number of hydrogen-bond donors (Lipinski definition) is 2. The lowest BCUT2D eigenvalue weighted by Crippen LogP contribution is -2.15. The van der Waals surface area contributed by atoms with Crippen molar-refractivity contribution in [2.75, 3.05) is 5.32 Å². The second kappa shape index (κ2) is 7.56. The second-order valence-electron chi connectivity index (χ2n) is 5.96. The predicted molar refractivity (Wildman–Crippen MR) is 98.2 cm³/mol. The molecule has 0 aliphatic heterocycles. The normalized spacial score (nSPS) is 11.1. The van der Waals surface area contributed by atoms with Gasteiger partial charge >= 0.3 is 12.1 Å². The van der Waals surface area contributed by atoms with Gasteiger partial charge in [0.05, 0.1) is 11.1 Å². The zero-order chi connectivity index (χ0) is 20.3. The van der Waals surface area contributed by atoms with Crippen molar-refractivity contribution < 1.29 is 27.9 Å². The van der Waals surface area contributed by atoms with E-state index in [-0.39, 0.29) is 16.8 Å². The van der Waals surface area contributed by atoms with E-state index in [1.165, 1.54) is 30.3 Å². The van der Waals surface area contributed by atoms with Crippen LogP contribution in [-0.2, 0) is 6.18 Å². The third-order valence-electron chi connectivity index (χ3n) is 4.07. The van der Waals surface area contributed by atoms with Crippen molar-refractivity contribution in [3.05, 3.63) is 89.5 Å². The van der Waals surface area contributed by atoms with Crippen molar-refractivity contribution in [2.24, 2.45) is 0 Å². The van der Waals surface area contributed by atoms with Gasteiger partial charge in [0, 0.05) is 11.3 Å². The number of nitrogens with one attached hydrogen (secondary N) is 1. The number of benzene rings is 3. The van der Waals surface area contributed by atoms with Crippen molar-refractivity contribution in [3.8, 4) is 11.1 Å². The molecule has 0 aromatic heterocycles. The molecule has 0 spiro atoms. The smallest absolute Gasteiger partial charge is 0.416 e. The molecule has 28 heavy (non-hydrogen) atoms. The molecule has 4 nitrogen and oxygen atoms in total. The van der Waals surface area contributed by atoms with Gasteiger partial charge < -0.3 is 10.4 Å². The van der Waals surface area contributed by atoms with E-state index >= 15 is 0 Å². The summed E-state index contributed by atoms with van der Waals surface area (Å²) < 4.78 is 39.4. The summed E-state index contributed by atoms with van der Waals surface area (Å²) in [5, 5.41) is 11.4. The summed E-state index contributed by atoms with van der Waals surface area (Å²) in [5.41, 5.74) is 0.186. The zero-order valence-electron chi connectivity index (χ0n) is 14.3. The van der Waals surface area contributed by atoms with Crippen molar-refractivity contribution in [1.29, 1.82) is 0 Å². The highest BCUT2D eigenvalue weighted by Gasteiger charge is 2.32. The molecule has 0 unspecified atom stereocenters. The van der Waals surface area contributed by atoms with E-state index in [0.29, 0.717) is 11.1 Å². The lowest BCUT2D eigenvalue weighted by molar-refractivity contribution is -0.137. The SMILES string of the molecule is O=C(O)c1ccc(NC(=O)c2cc(C(F)(F)F)ccc2-c2ccccc2)cc1. The van der Waals surface area contributed by atoms with E-state index in [9.17, 15) is 22.8 Å². The van der Waals surface area contributed by atoms with Gasteiger partial charge in [-0.2, -0.15) is 13.2 Å². The highest BCUT2D eigenvalue weighted by Crippen LogP contribution is 2.33. The summed E-state index contributed by atoms with van der Waals surface area (Å²) in [4.78, 5) is 23.6. The van der Waals surface area contributed by atoms with Crippen molar-refractivity contribution in [1.82, 2.24) is 0 Å². The number of anilines is 1. The molecule has 0 heterocycles. The maximum absolute atomic E-state index is 13.1. The summed E-state index contributed by atoms with van der Waals surface area (Å²) in [6.45, 7) is 0. The van der Waals surface area contributed by atoms with E-state index in [0.717, 1.165) is 12.1 Å². The monoisotopic (exact) mass is 385 g/mol. The standard InChI is InChI=1S/C21H14F3NO3/c22-21(23,24)15-8-11-17(13-4-2-1-3-5-13)18(12-15)19(26)25-16-9-6-14(7-10-16)20(27)28/h1-12H,(H,25,26)(H,27,28). The van der Waals surface area contributed by atoms with Crippen LogP contribution in [0.4, 0.5) is 18.9 Å². The number of aromatic carboxylic acids is 1. The molecule has 0 aliphatic carbocycles. The zero-order valence-corrected chi connectivity index (χ0v) is 14.3. The third kappa shape index (κ3) is 4.20. The van der Waals surface area contributed by atoms with E-state index in [4.69, 9.17) is 5.11 Å². The first-order chi connectivity index (χ1) is 13.3. The minimum Gasteiger partial charge on any atom is -0.478 e. The fraction of sp³-hybridized carbons (Fsp3) is 0.0476. The quantitative estimate of drug-likeness (QED) is 0.639. The van der Waals surface area contributed by atoms with Crippen LogP contribution in [0, 0.1) is 0 Å². The van der Waals surface area contributed by atoms with Crippen LogP contribution in [0.15, 0.2) is 72.8 Å². The summed E-state index contributed by atoms with van der Waals surface area (Å²) in [6.07, 6.45) is -4.59. The Morgan fingerprint density at radius 1 is 0.857 bits per heavy atom. The molecule has 0 bridgehead atoms. The van der Waals surface area contributed by atoms with Gasteiger partial charge in [-0.3, -0.25) is 4.79 Å². The van der Waals surface area contributed by atoms with Crippen LogP contribution in [0.5, 0.6) is 0 Å². The fourth-order valence-corrected chi connectivity index (χ4v) is 2.67. The Bertz CT molecular complexity index is 1010.